The summed E-state index contributed by atoms with van der Waals surface area (Å²) >= 11 is 5.98. The molecule has 138 valence electrons. The summed E-state index contributed by atoms with van der Waals surface area (Å²) in [6.45, 7) is 6.15. The number of rotatable bonds is 9. The zero-order chi connectivity index (χ0) is 18.9. The molecule has 0 bridgehead atoms. The Morgan fingerprint density at radius 3 is 2.42 bits per heavy atom. The Kier molecular flexibility index (Phi) is 7.85. The van der Waals surface area contributed by atoms with E-state index in [0.717, 1.165) is 16.7 Å². The number of carbonyl (C=O) groups excluding carboxylic acids is 1. The molecule has 1 unspecified atom stereocenters. The van der Waals surface area contributed by atoms with Crippen LogP contribution < -0.4 is 5.48 Å². The molecule has 0 fully saturated rings. The standard InChI is InChI=1S/C21H24ClNO3/c1-3-15-5-9-17(10-6-15)19(13-16-7-11-18(22)12-8-16)20(26-4-2)14-21(24)23-25/h3,5-12,19-20,25H,1,4,13-14H2,2H3,(H,23,24)/t19?,20-/m1/s1. The van der Waals surface area contributed by atoms with Crippen LogP contribution in [0.2, 0.25) is 5.02 Å². The first-order chi connectivity index (χ1) is 12.6. The van der Waals surface area contributed by atoms with Crippen molar-refractivity contribution < 1.29 is 14.7 Å². The molecule has 4 nitrogen and oxygen atoms in total. The highest BCUT2D eigenvalue weighted by Crippen LogP contribution is 2.29. The molecule has 2 rings (SSSR count). The molecule has 0 aliphatic rings. The third-order valence-corrected chi connectivity index (χ3v) is 4.56. The van der Waals surface area contributed by atoms with E-state index in [0.29, 0.717) is 18.1 Å². The summed E-state index contributed by atoms with van der Waals surface area (Å²) in [4.78, 5) is 11.8. The monoisotopic (exact) mass is 373 g/mol. The van der Waals surface area contributed by atoms with Gasteiger partial charge in [0.15, 0.2) is 0 Å². The molecule has 0 aliphatic carbocycles. The van der Waals surface area contributed by atoms with Gasteiger partial charge in [-0.3, -0.25) is 10.0 Å². The number of ether oxygens (including phenoxy) is 1. The van der Waals surface area contributed by atoms with Crippen molar-refractivity contribution in [2.45, 2.75) is 31.8 Å². The van der Waals surface area contributed by atoms with Crippen molar-refractivity contribution in [2.75, 3.05) is 6.61 Å². The number of carbonyl (C=O) groups is 1. The van der Waals surface area contributed by atoms with Gasteiger partial charge in [0, 0.05) is 17.5 Å². The molecule has 0 aromatic heterocycles. The van der Waals surface area contributed by atoms with Gasteiger partial charge in [-0.05, 0) is 42.2 Å². The van der Waals surface area contributed by atoms with Crippen molar-refractivity contribution in [1.29, 1.82) is 0 Å². The van der Waals surface area contributed by atoms with Gasteiger partial charge in [-0.25, -0.2) is 5.48 Å². The molecule has 2 N–H and O–H groups in total. The fourth-order valence-electron chi connectivity index (χ4n) is 2.98. The zero-order valence-corrected chi connectivity index (χ0v) is 15.6. The second-order valence-electron chi connectivity index (χ2n) is 6.04. The predicted molar refractivity (Wildman–Crippen MR) is 104 cm³/mol. The van der Waals surface area contributed by atoms with Crippen molar-refractivity contribution in [1.82, 2.24) is 5.48 Å². The molecule has 26 heavy (non-hydrogen) atoms. The van der Waals surface area contributed by atoms with Crippen LogP contribution in [0, 0.1) is 0 Å². The number of hydrogen-bond acceptors (Lipinski definition) is 3. The lowest BCUT2D eigenvalue weighted by Crippen LogP contribution is -2.31. The van der Waals surface area contributed by atoms with E-state index in [1.807, 2.05) is 55.5 Å². The maximum absolute atomic E-state index is 11.8. The molecule has 2 aromatic carbocycles. The average Bonchev–Trinajstić information content (AvgIpc) is 2.67. The first-order valence-corrected chi connectivity index (χ1v) is 8.96. The van der Waals surface area contributed by atoms with Crippen LogP contribution in [-0.4, -0.2) is 23.8 Å². The molecule has 2 atom stereocenters. The molecular formula is C21H24ClNO3. The average molecular weight is 374 g/mol. The fourth-order valence-corrected chi connectivity index (χ4v) is 3.10. The summed E-state index contributed by atoms with van der Waals surface area (Å²) in [7, 11) is 0. The van der Waals surface area contributed by atoms with Crippen LogP contribution in [0.3, 0.4) is 0 Å². The van der Waals surface area contributed by atoms with Gasteiger partial charge in [-0.2, -0.15) is 0 Å². The summed E-state index contributed by atoms with van der Waals surface area (Å²) in [5.41, 5.74) is 4.89. The Bertz CT molecular complexity index is 713. The third kappa shape index (κ3) is 5.70. The molecule has 0 spiro atoms. The molecule has 0 saturated carbocycles. The van der Waals surface area contributed by atoms with Crippen LogP contribution >= 0.6 is 11.6 Å². The lowest BCUT2D eigenvalue weighted by Gasteiger charge is -2.27. The SMILES string of the molecule is C=Cc1ccc(C(Cc2ccc(Cl)cc2)[C@@H](CC(=O)NO)OCC)cc1. The second-order valence-corrected chi connectivity index (χ2v) is 6.48. The van der Waals surface area contributed by atoms with Crippen molar-refractivity contribution in [3.05, 3.63) is 76.8 Å². The smallest absolute Gasteiger partial charge is 0.245 e. The third-order valence-electron chi connectivity index (χ3n) is 4.31. The highest BCUT2D eigenvalue weighted by Gasteiger charge is 2.26. The van der Waals surface area contributed by atoms with E-state index < -0.39 is 5.91 Å². The minimum absolute atomic E-state index is 0.0488. The van der Waals surface area contributed by atoms with E-state index in [1.165, 1.54) is 0 Å². The van der Waals surface area contributed by atoms with E-state index >= 15 is 0 Å². The van der Waals surface area contributed by atoms with Crippen molar-refractivity contribution in [2.24, 2.45) is 0 Å². The van der Waals surface area contributed by atoms with Gasteiger partial charge >= 0.3 is 0 Å². The van der Waals surface area contributed by atoms with E-state index in [2.05, 4.69) is 6.58 Å². The zero-order valence-electron chi connectivity index (χ0n) is 14.8. The predicted octanol–water partition coefficient (Wildman–Crippen LogP) is 4.61. The fraction of sp³-hybridized carbons (Fsp3) is 0.286. The minimum atomic E-state index is -0.465. The first kappa shape index (κ1) is 20.2. The van der Waals surface area contributed by atoms with Gasteiger partial charge in [0.1, 0.15) is 0 Å². The van der Waals surface area contributed by atoms with Crippen molar-refractivity contribution in [3.8, 4) is 0 Å². The quantitative estimate of drug-likeness (QED) is 0.498. The van der Waals surface area contributed by atoms with Crippen LogP contribution in [0.1, 0.15) is 36.0 Å². The highest BCUT2D eigenvalue weighted by atomic mass is 35.5. The number of nitrogens with one attached hydrogen (secondary N) is 1. The van der Waals surface area contributed by atoms with E-state index in [4.69, 9.17) is 21.5 Å². The minimum Gasteiger partial charge on any atom is -0.377 e. The van der Waals surface area contributed by atoms with Gasteiger partial charge in [0.05, 0.1) is 12.5 Å². The van der Waals surface area contributed by atoms with Gasteiger partial charge in [-0.1, -0.05) is 60.7 Å². The van der Waals surface area contributed by atoms with Crippen LogP contribution in [0.15, 0.2) is 55.1 Å². The molecule has 0 radical (unpaired) electrons. The first-order valence-electron chi connectivity index (χ1n) is 8.58. The number of halogens is 1. The van der Waals surface area contributed by atoms with Gasteiger partial charge in [0.2, 0.25) is 5.91 Å². The van der Waals surface area contributed by atoms with Crippen molar-refractivity contribution in [3.63, 3.8) is 0 Å². The summed E-state index contributed by atoms with van der Waals surface area (Å²) in [6, 6.07) is 15.7. The highest BCUT2D eigenvalue weighted by molar-refractivity contribution is 6.30. The number of hydroxylamine groups is 1. The molecule has 1 amide bonds. The van der Waals surface area contributed by atoms with Gasteiger partial charge < -0.3 is 4.74 Å². The summed E-state index contributed by atoms with van der Waals surface area (Å²) in [5.74, 6) is -0.514. The van der Waals surface area contributed by atoms with E-state index in [-0.39, 0.29) is 18.4 Å². The van der Waals surface area contributed by atoms with Crippen molar-refractivity contribution >= 4 is 23.6 Å². The summed E-state index contributed by atoms with van der Waals surface area (Å²) < 4.78 is 5.87. The van der Waals surface area contributed by atoms with E-state index in [1.54, 1.807) is 11.6 Å². The molecule has 0 heterocycles. The summed E-state index contributed by atoms with van der Waals surface area (Å²) in [6.07, 6.45) is 2.19. The van der Waals surface area contributed by atoms with E-state index in [9.17, 15) is 4.79 Å². The number of benzene rings is 2. The second kappa shape index (κ2) is 10.1. The van der Waals surface area contributed by atoms with Crippen LogP contribution in [0.4, 0.5) is 0 Å². The largest absolute Gasteiger partial charge is 0.377 e. The van der Waals surface area contributed by atoms with Gasteiger partial charge in [-0.15, -0.1) is 0 Å². The molecular weight excluding hydrogens is 350 g/mol. The topological polar surface area (TPSA) is 58.6 Å². The maximum atomic E-state index is 11.8. The van der Waals surface area contributed by atoms with Crippen LogP contribution in [-0.2, 0) is 16.0 Å². The Morgan fingerprint density at radius 2 is 1.88 bits per heavy atom. The number of hydrogen-bond donors (Lipinski definition) is 2. The number of amides is 1. The normalized spacial score (nSPS) is 13.0. The van der Waals surface area contributed by atoms with Gasteiger partial charge in [0.25, 0.3) is 0 Å². The Hall–Kier alpha value is -2.14. The lowest BCUT2D eigenvalue weighted by atomic mass is 9.85. The molecule has 0 aliphatic heterocycles. The van der Waals surface area contributed by atoms with Crippen LogP contribution in [0.5, 0.6) is 0 Å². The molecule has 5 heteroatoms. The Morgan fingerprint density at radius 1 is 1.23 bits per heavy atom. The summed E-state index contributed by atoms with van der Waals surface area (Å²) in [5, 5.41) is 9.59. The molecule has 0 saturated heterocycles. The lowest BCUT2D eigenvalue weighted by molar-refractivity contribution is -0.132. The van der Waals surface area contributed by atoms with Crippen LogP contribution in [0.25, 0.3) is 6.08 Å². The Labute approximate surface area is 159 Å². The maximum Gasteiger partial charge on any atom is 0.245 e. The Balaban J connectivity index is 2.34. The molecule has 2 aromatic rings.